The molecule has 0 aliphatic rings. The van der Waals surface area contributed by atoms with Crippen molar-refractivity contribution in [3.8, 4) is 5.75 Å². The Kier molecular flexibility index (Phi) is 2.50. The van der Waals surface area contributed by atoms with Gasteiger partial charge in [-0.05, 0) is 0 Å². The molecule has 0 radical (unpaired) electrons. The first-order valence-electron chi connectivity index (χ1n) is 2.64. The molecule has 0 aliphatic carbocycles. The van der Waals surface area contributed by atoms with Crippen molar-refractivity contribution in [3.05, 3.63) is 24.3 Å². The lowest BCUT2D eigenvalue weighted by molar-refractivity contribution is 0.592. The Hall–Kier alpha value is -0.770. The lowest BCUT2D eigenvalue weighted by Gasteiger charge is -1.97. The van der Waals surface area contributed by atoms with Crippen LogP contribution in [0.2, 0.25) is 0 Å². The van der Waals surface area contributed by atoms with Gasteiger partial charge < -0.3 is 4.18 Å². The molecule has 0 fully saturated rings. The van der Waals surface area contributed by atoms with Gasteiger partial charge in [-0.15, -0.1) is 0 Å². The first-order valence-corrected chi connectivity index (χ1v) is 3.79. The molecule has 0 aromatic carbocycles. The molecular weight excluding hydrogens is 153 g/mol. The van der Waals surface area contributed by atoms with Crippen LogP contribution in [0, 0.1) is 5.82 Å². The summed E-state index contributed by atoms with van der Waals surface area (Å²) in [4.78, 5) is 3.59. The van der Waals surface area contributed by atoms with Crippen LogP contribution in [-0.4, -0.2) is 11.2 Å². The second kappa shape index (κ2) is 3.41. The quantitative estimate of drug-likeness (QED) is 0.615. The Morgan fingerprint density at radius 3 is 3.00 bits per heavy atom. The van der Waals surface area contributed by atoms with Crippen LogP contribution in [-0.2, 0) is 0 Å². The van der Waals surface area contributed by atoms with E-state index in [2.05, 4.69) is 4.98 Å². The van der Waals surface area contributed by atoms with E-state index in [0.29, 0.717) is 5.75 Å². The summed E-state index contributed by atoms with van der Waals surface area (Å²) in [7, 11) is 0. The van der Waals surface area contributed by atoms with Gasteiger partial charge in [0.2, 0.25) is 0 Å². The summed E-state index contributed by atoms with van der Waals surface area (Å²) in [5.74, 6) is 0.0547. The van der Waals surface area contributed by atoms with E-state index in [-0.39, 0.29) is 5.82 Å². The van der Waals surface area contributed by atoms with Crippen LogP contribution in [0.5, 0.6) is 5.75 Å². The maximum absolute atomic E-state index is 12.3. The molecule has 0 saturated carbocycles. The molecule has 1 rings (SSSR count). The highest BCUT2D eigenvalue weighted by Crippen LogP contribution is 2.13. The molecule has 1 aromatic rings. The Morgan fingerprint density at radius 1 is 1.60 bits per heavy atom. The van der Waals surface area contributed by atoms with Gasteiger partial charge in [0, 0.05) is 12.3 Å². The van der Waals surface area contributed by atoms with Crippen LogP contribution < -0.4 is 4.18 Å². The van der Waals surface area contributed by atoms with Crippen molar-refractivity contribution in [1.29, 1.82) is 0 Å². The average Bonchev–Trinajstić information content (AvgIpc) is 1.88. The van der Waals surface area contributed by atoms with Gasteiger partial charge >= 0.3 is 0 Å². The number of nitrogens with zero attached hydrogens (tertiary/aromatic N) is 1. The van der Waals surface area contributed by atoms with Crippen LogP contribution >= 0.6 is 12.0 Å². The minimum atomic E-state index is -0.383. The minimum absolute atomic E-state index is 0.383. The van der Waals surface area contributed by atoms with E-state index >= 15 is 0 Å². The van der Waals surface area contributed by atoms with E-state index in [1.165, 1.54) is 12.3 Å². The molecule has 54 valence electrons. The van der Waals surface area contributed by atoms with Crippen LogP contribution in [0.15, 0.2) is 18.5 Å². The van der Waals surface area contributed by atoms with Gasteiger partial charge in [-0.2, -0.15) is 0 Å². The summed E-state index contributed by atoms with van der Waals surface area (Å²) in [6.45, 7) is 0. The minimum Gasteiger partial charge on any atom is -0.424 e. The normalized spacial score (nSPS) is 9.40. The van der Waals surface area contributed by atoms with Crippen molar-refractivity contribution in [3.63, 3.8) is 0 Å². The van der Waals surface area contributed by atoms with E-state index in [1.54, 1.807) is 6.26 Å². The molecule has 0 saturated heterocycles. The highest BCUT2D eigenvalue weighted by molar-refractivity contribution is 7.94. The predicted octanol–water partition coefficient (Wildman–Crippen LogP) is 1.88. The maximum atomic E-state index is 12.3. The zero-order valence-corrected chi connectivity index (χ0v) is 6.19. The monoisotopic (exact) mass is 159 g/mol. The molecule has 0 aliphatic heterocycles. The smallest absolute Gasteiger partial charge is 0.158 e. The first-order chi connectivity index (χ1) is 4.83. The molecule has 4 heteroatoms. The number of hydrogen-bond acceptors (Lipinski definition) is 3. The number of halogens is 1. The second-order valence-corrected chi connectivity index (χ2v) is 2.09. The van der Waals surface area contributed by atoms with E-state index in [0.717, 1.165) is 18.2 Å². The lowest BCUT2D eigenvalue weighted by atomic mass is 10.4. The van der Waals surface area contributed by atoms with Crippen molar-refractivity contribution in [2.24, 2.45) is 0 Å². The second-order valence-electron chi connectivity index (χ2n) is 1.59. The molecule has 1 aromatic heterocycles. The molecule has 10 heavy (non-hydrogen) atoms. The van der Waals surface area contributed by atoms with Crippen molar-refractivity contribution >= 4 is 12.0 Å². The Morgan fingerprint density at radius 2 is 2.40 bits per heavy atom. The molecule has 0 bridgehead atoms. The van der Waals surface area contributed by atoms with Crippen LogP contribution in [0.4, 0.5) is 4.39 Å². The molecule has 1 heterocycles. The Balaban J connectivity index is 2.75. The fourth-order valence-corrected chi connectivity index (χ4v) is 0.818. The SMILES string of the molecule is CSOc1cncc(F)c1. The summed E-state index contributed by atoms with van der Waals surface area (Å²) in [6, 6.07) is 1.28. The number of hydrogen-bond donors (Lipinski definition) is 0. The highest BCUT2D eigenvalue weighted by Gasteiger charge is 1.94. The molecule has 0 unspecified atom stereocenters. The summed E-state index contributed by atoms with van der Waals surface area (Å²) in [5, 5.41) is 0. The molecule has 2 nitrogen and oxygen atoms in total. The lowest BCUT2D eigenvalue weighted by Crippen LogP contribution is -1.82. The van der Waals surface area contributed by atoms with Gasteiger partial charge in [-0.25, -0.2) is 4.39 Å². The Labute approximate surface area is 62.6 Å². The molecule has 0 N–H and O–H groups in total. The molecular formula is C6H6FNOS. The van der Waals surface area contributed by atoms with Crippen molar-refractivity contribution in [1.82, 2.24) is 4.98 Å². The topological polar surface area (TPSA) is 22.1 Å². The maximum Gasteiger partial charge on any atom is 0.158 e. The van der Waals surface area contributed by atoms with Gasteiger partial charge in [0.05, 0.1) is 24.4 Å². The van der Waals surface area contributed by atoms with Crippen LogP contribution in [0.3, 0.4) is 0 Å². The van der Waals surface area contributed by atoms with Crippen molar-refractivity contribution in [2.75, 3.05) is 6.26 Å². The van der Waals surface area contributed by atoms with Gasteiger partial charge in [-0.3, -0.25) is 4.98 Å². The molecule has 0 spiro atoms. The van der Waals surface area contributed by atoms with E-state index in [1.807, 2.05) is 0 Å². The average molecular weight is 159 g/mol. The van der Waals surface area contributed by atoms with Gasteiger partial charge in [-0.1, -0.05) is 0 Å². The summed E-state index contributed by atoms with van der Waals surface area (Å²) >= 11 is 1.16. The van der Waals surface area contributed by atoms with E-state index < -0.39 is 0 Å². The van der Waals surface area contributed by atoms with Gasteiger partial charge in [0.15, 0.2) is 5.75 Å². The summed E-state index contributed by atoms with van der Waals surface area (Å²) < 4.78 is 17.2. The summed E-state index contributed by atoms with van der Waals surface area (Å²) in [6.07, 6.45) is 4.34. The fourth-order valence-electron chi connectivity index (χ4n) is 0.534. The third-order valence-electron chi connectivity index (χ3n) is 0.859. The molecule has 0 atom stereocenters. The van der Waals surface area contributed by atoms with Crippen LogP contribution in [0.1, 0.15) is 0 Å². The summed E-state index contributed by atoms with van der Waals surface area (Å²) in [5.41, 5.74) is 0. The number of pyridine rings is 1. The van der Waals surface area contributed by atoms with Crippen molar-refractivity contribution in [2.45, 2.75) is 0 Å². The van der Waals surface area contributed by atoms with E-state index in [4.69, 9.17) is 4.18 Å². The zero-order chi connectivity index (χ0) is 7.40. The standard InChI is InChI=1S/C6H6FNOS/c1-10-9-6-2-5(7)3-8-4-6/h2-4H,1H3. The molecule has 0 amide bonds. The predicted molar refractivity (Wildman–Crippen MR) is 38.3 cm³/mol. The highest BCUT2D eigenvalue weighted by atomic mass is 32.2. The third kappa shape index (κ3) is 1.88. The zero-order valence-electron chi connectivity index (χ0n) is 5.37. The first kappa shape index (κ1) is 7.34. The van der Waals surface area contributed by atoms with Gasteiger partial charge in [0.1, 0.15) is 5.82 Å². The number of rotatable bonds is 2. The Bertz CT molecular complexity index is 219. The number of aromatic nitrogens is 1. The van der Waals surface area contributed by atoms with E-state index in [9.17, 15) is 4.39 Å². The van der Waals surface area contributed by atoms with Crippen molar-refractivity contribution < 1.29 is 8.57 Å². The van der Waals surface area contributed by atoms with Gasteiger partial charge in [0.25, 0.3) is 0 Å². The van der Waals surface area contributed by atoms with Crippen LogP contribution in [0.25, 0.3) is 0 Å². The largest absolute Gasteiger partial charge is 0.424 e. The fraction of sp³-hybridized carbons (Fsp3) is 0.167. The third-order valence-corrected chi connectivity index (χ3v) is 1.22.